The lowest BCUT2D eigenvalue weighted by molar-refractivity contribution is 0.0639. The van der Waals surface area contributed by atoms with E-state index in [1.807, 2.05) is 24.3 Å². The van der Waals surface area contributed by atoms with Gasteiger partial charge >= 0.3 is 0 Å². The third-order valence-electron chi connectivity index (χ3n) is 5.91. The monoisotopic (exact) mass is 440 g/mol. The predicted molar refractivity (Wildman–Crippen MR) is 123 cm³/mol. The first-order valence-corrected chi connectivity index (χ1v) is 11.1. The fourth-order valence-corrected chi connectivity index (χ4v) is 4.59. The van der Waals surface area contributed by atoms with Crippen LogP contribution in [0.15, 0.2) is 72.9 Å². The first-order chi connectivity index (χ1) is 14.6. The number of likely N-dealkylation sites (tertiary alicyclic amines) is 1. The highest BCUT2D eigenvalue weighted by molar-refractivity contribution is 6.30. The first kappa shape index (κ1) is 21.2. The Kier molecular flexibility index (Phi) is 6.93. The van der Waals surface area contributed by atoms with Gasteiger partial charge in [-0.3, -0.25) is 4.90 Å². The summed E-state index contributed by atoms with van der Waals surface area (Å²) < 4.78 is 6.22. The highest BCUT2D eigenvalue weighted by Gasteiger charge is 2.35. The molecular weight excluding hydrogens is 415 g/mol. The normalized spacial score (nSPS) is 20.6. The van der Waals surface area contributed by atoms with Crippen LogP contribution < -0.4 is 4.74 Å². The minimum atomic E-state index is 0.0400. The Bertz CT molecular complexity index is 932. The van der Waals surface area contributed by atoms with Gasteiger partial charge in [0.25, 0.3) is 0 Å². The number of ether oxygens (including phenoxy) is 1. The Morgan fingerprint density at radius 3 is 2.43 bits per heavy atom. The lowest BCUT2D eigenvalue weighted by atomic mass is 9.77. The van der Waals surface area contributed by atoms with Crippen molar-refractivity contribution >= 4 is 23.2 Å². The molecule has 3 aromatic rings. The predicted octanol–water partition coefficient (Wildman–Crippen LogP) is 6.46. The van der Waals surface area contributed by atoms with Crippen molar-refractivity contribution < 1.29 is 4.74 Å². The maximum Gasteiger partial charge on any atom is 0.213 e. The third-order valence-corrected chi connectivity index (χ3v) is 6.38. The summed E-state index contributed by atoms with van der Waals surface area (Å²) in [6.07, 6.45) is 2.73. The van der Waals surface area contributed by atoms with Gasteiger partial charge in [0.05, 0.1) is 5.02 Å². The summed E-state index contributed by atoms with van der Waals surface area (Å²) in [5.74, 6) is 1.37. The topological polar surface area (TPSA) is 25.4 Å². The number of rotatable bonds is 6. The van der Waals surface area contributed by atoms with E-state index in [1.165, 1.54) is 11.1 Å². The Morgan fingerprint density at radius 2 is 1.73 bits per heavy atom. The first-order valence-electron chi connectivity index (χ1n) is 10.4. The van der Waals surface area contributed by atoms with E-state index < -0.39 is 0 Å². The van der Waals surface area contributed by atoms with Crippen molar-refractivity contribution in [2.75, 3.05) is 13.1 Å². The van der Waals surface area contributed by atoms with Crippen LogP contribution in [0, 0.1) is 5.92 Å². The van der Waals surface area contributed by atoms with Crippen molar-refractivity contribution in [2.24, 2.45) is 5.92 Å². The molecule has 0 N–H and O–H groups in total. The molecule has 0 radical (unpaired) electrons. The maximum absolute atomic E-state index is 6.22. The molecule has 2 heterocycles. The van der Waals surface area contributed by atoms with Gasteiger partial charge in [-0.05, 0) is 49.2 Å². The van der Waals surface area contributed by atoms with Gasteiger partial charge in [0.2, 0.25) is 5.88 Å². The second-order valence-corrected chi connectivity index (χ2v) is 8.84. The minimum absolute atomic E-state index is 0.0400. The molecular formula is C25H26Cl2N2O. The molecule has 30 heavy (non-hydrogen) atoms. The molecule has 5 heteroatoms. The maximum atomic E-state index is 6.22. The zero-order chi connectivity index (χ0) is 20.9. The van der Waals surface area contributed by atoms with Gasteiger partial charge in [-0.2, -0.15) is 0 Å². The molecule has 0 amide bonds. The van der Waals surface area contributed by atoms with Crippen LogP contribution in [0.5, 0.6) is 5.88 Å². The molecule has 0 saturated carbocycles. The van der Waals surface area contributed by atoms with Crippen LogP contribution >= 0.6 is 23.2 Å². The zero-order valence-electron chi connectivity index (χ0n) is 17.0. The van der Waals surface area contributed by atoms with Gasteiger partial charge < -0.3 is 4.74 Å². The number of hydrogen-bond donors (Lipinski definition) is 0. The third kappa shape index (κ3) is 5.34. The van der Waals surface area contributed by atoms with E-state index >= 15 is 0 Å². The van der Waals surface area contributed by atoms with E-state index in [-0.39, 0.29) is 6.10 Å². The molecule has 2 aromatic carbocycles. The van der Waals surface area contributed by atoms with Gasteiger partial charge in [-0.1, -0.05) is 65.7 Å². The lowest BCUT2D eigenvalue weighted by Gasteiger charge is -2.41. The highest BCUT2D eigenvalue weighted by atomic mass is 35.5. The Morgan fingerprint density at radius 1 is 1.00 bits per heavy atom. The molecule has 1 aromatic heterocycles. The van der Waals surface area contributed by atoms with E-state index in [9.17, 15) is 0 Å². The smallest absolute Gasteiger partial charge is 0.213 e. The molecule has 3 nitrogen and oxygen atoms in total. The number of halogens is 2. The van der Waals surface area contributed by atoms with Crippen LogP contribution in [0.2, 0.25) is 10.0 Å². The molecule has 0 spiro atoms. The molecule has 156 valence electrons. The van der Waals surface area contributed by atoms with E-state index in [0.717, 1.165) is 31.1 Å². The van der Waals surface area contributed by atoms with E-state index in [4.69, 9.17) is 27.9 Å². The fourth-order valence-electron chi connectivity index (χ4n) is 4.36. The molecule has 2 unspecified atom stereocenters. The van der Waals surface area contributed by atoms with Gasteiger partial charge in [0.1, 0.15) is 6.10 Å². The molecule has 0 bridgehead atoms. The highest BCUT2D eigenvalue weighted by Crippen LogP contribution is 2.37. The Balaban J connectivity index is 1.52. The van der Waals surface area contributed by atoms with Crippen molar-refractivity contribution in [3.8, 4) is 5.88 Å². The average molecular weight is 441 g/mol. The summed E-state index contributed by atoms with van der Waals surface area (Å²) >= 11 is 12.1. The summed E-state index contributed by atoms with van der Waals surface area (Å²) in [5, 5.41) is 1.38. The van der Waals surface area contributed by atoms with Crippen molar-refractivity contribution in [3.05, 3.63) is 94.1 Å². The van der Waals surface area contributed by atoms with Crippen LogP contribution in [0.3, 0.4) is 0 Å². The van der Waals surface area contributed by atoms with Gasteiger partial charge in [0.15, 0.2) is 0 Å². The van der Waals surface area contributed by atoms with Crippen molar-refractivity contribution in [1.82, 2.24) is 9.88 Å². The van der Waals surface area contributed by atoms with Crippen LogP contribution in [0.25, 0.3) is 0 Å². The quantitative estimate of drug-likeness (QED) is 0.439. The minimum Gasteiger partial charge on any atom is -0.474 e. The van der Waals surface area contributed by atoms with E-state index in [0.29, 0.717) is 22.7 Å². The van der Waals surface area contributed by atoms with Crippen molar-refractivity contribution in [1.29, 1.82) is 0 Å². The molecule has 1 aliphatic rings. The second kappa shape index (κ2) is 9.82. The van der Waals surface area contributed by atoms with Gasteiger partial charge in [-0.15, -0.1) is 0 Å². The van der Waals surface area contributed by atoms with Gasteiger partial charge in [0, 0.05) is 42.2 Å². The summed E-state index contributed by atoms with van der Waals surface area (Å²) in [6, 6.07) is 22.6. The van der Waals surface area contributed by atoms with Crippen LogP contribution in [0.4, 0.5) is 0 Å². The SMILES string of the molecule is C[C@H](Oc1ccc(Cl)cn1)C1CCN(Cc2ccccc2)CC1c1ccc(Cl)cc1. The summed E-state index contributed by atoms with van der Waals surface area (Å²) in [6.45, 7) is 5.15. The van der Waals surface area contributed by atoms with Crippen LogP contribution in [-0.4, -0.2) is 29.1 Å². The van der Waals surface area contributed by atoms with Crippen LogP contribution in [-0.2, 0) is 6.54 Å². The molecule has 0 aliphatic carbocycles. The number of hydrogen-bond acceptors (Lipinski definition) is 3. The molecule has 1 saturated heterocycles. The Labute approximate surface area is 188 Å². The van der Waals surface area contributed by atoms with Crippen molar-refractivity contribution in [2.45, 2.75) is 31.9 Å². The standard InChI is InChI=1S/C25H26Cl2N2O/c1-18(30-25-12-11-22(27)15-28-25)23-13-14-29(16-19-5-3-2-4-6-19)17-24(23)20-7-9-21(26)10-8-20/h2-12,15,18,23-24H,13-14,16-17H2,1H3/t18-,23?,24?/m0/s1. The summed E-state index contributed by atoms with van der Waals surface area (Å²) in [4.78, 5) is 6.85. The zero-order valence-corrected chi connectivity index (χ0v) is 18.6. The molecule has 1 fully saturated rings. The van der Waals surface area contributed by atoms with Crippen molar-refractivity contribution in [3.63, 3.8) is 0 Å². The fraction of sp³-hybridized carbons (Fsp3) is 0.320. The molecule has 1 aliphatic heterocycles. The van der Waals surface area contributed by atoms with E-state index in [1.54, 1.807) is 6.20 Å². The van der Waals surface area contributed by atoms with Gasteiger partial charge in [-0.25, -0.2) is 4.98 Å². The number of pyridine rings is 1. The lowest BCUT2D eigenvalue weighted by Crippen LogP contribution is -2.43. The number of aromatic nitrogens is 1. The number of nitrogens with zero attached hydrogens (tertiary/aromatic N) is 2. The molecule has 4 rings (SSSR count). The second-order valence-electron chi connectivity index (χ2n) is 7.97. The molecule has 3 atom stereocenters. The summed E-state index contributed by atoms with van der Waals surface area (Å²) in [5.41, 5.74) is 2.65. The number of benzene rings is 2. The summed E-state index contributed by atoms with van der Waals surface area (Å²) in [7, 11) is 0. The van der Waals surface area contributed by atoms with Crippen LogP contribution in [0.1, 0.15) is 30.4 Å². The average Bonchev–Trinajstić information content (AvgIpc) is 2.76. The largest absolute Gasteiger partial charge is 0.474 e. The Hall–Kier alpha value is -2.07. The number of piperidine rings is 1. The van der Waals surface area contributed by atoms with E-state index in [2.05, 4.69) is 59.3 Å².